The van der Waals surface area contributed by atoms with Crippen molar-refractivity contribution >= 4 is 5.91 Å². The van der Waals surface area contributed by atoms with Gasteiger partial charge in [0.25, 0.3) is 5.91 Å². The van der Waals surface area contributed by atoms with E-state index < -0.39 is 0 Å². The minimum Gasteiger partial charge on any atom is -0.497 e. The molecule has 2 aliphatic carbocycles. The lowest BCUT2D eigenvalue weighted by molar-refractivity contribution is 0.0949. The molecule has 1 amide bonds. The van der Waals surface area contributed by atoms with Crippen LogP contribution in [0.25, 0.3) is 0 Å². The van der Waals surface area contributed by atoms with E-state index in [1.807, 2.05) is 24.3 Å². The molecule has 0 aromatic heterocycles. The van der Waals surface area contributed by atoms with Crippen LogP contribution >= 0.6 is 0 Å². The van der Waals surface area contributed by atoms with Gasteiger partial charge >= 0.3 is 0 Å². The molecule has 2 bridgehead atoms. The smallest absolute Gasteiger partial charge is 0.251 e. The molecule has 0 radical (unpaired) electrons. The van der Waals surface area contributed by atoms with Gasteiger partial charge in [-0.05, 0) is 71.9 Å². The molecule has 29 heavy (non-hydrogen) atoms. The maximum Gasteiger partial charge on any atom is 0.251 e. The molecule has 1 saturated carbocycles. The van der Waals surface area contributed by atoms with Crippen LogP contribution in [-0.2, 0) is 18.4 Å². The summed E-state index contributed by atoms with van der Waals surface area (Å²) in [5, 5.41) is 3.05. The second-order valence-electron chi connectivity index (χ2n) is 8.79. The Bertz CT molecular complexity index is 922. The Labute approximate surface area is 173 Å². The number of hydrogen-bond acceptors (Lipinski definition) is 3. The minimum atomic E-state index is -0.0418. The van der Waals surface area contributed by atoms with Crippen LogP contribution in [0.2, 0.25) is 0 Å². The van der Waals surface area contributed by atoms with Gasteiger partial charge in [-0.25, -0.2) is 0 Å². The van der Waals surface area contributed by atoms with Gasteiger partial charge in [-0.15, -0.1) is 0 Å². The summed E-state index contributed by atoms with van der Waals surface area (Å²) >= 11 is 0. The Kier molecular flexibility index (Phi) is 5.28. The molecule has 0 saturated heterocycles. The molecule has 0 spiro atoms. The van der Waals surface area contributed by atoms with E-state index in [4.69, 9.17) is 9.47 Å². The maximum atomic E-state index is 12.9. The van der Waals surface area contributed by atoms with E-state index in [2.05, 4.69) is 31.3 Å². The molecule has 4 nitrogen and oxygen atoms in total. The van der Waals surface area contributed by atoms with Crippen molar-refractivity contribution in [1.82, 2.24) is 5.32 Å². The average molecular weight is 394 g/mol. The number of hydrogen-bond donors (Lipinski definition) is 1. The number of benzene rings is 2. The predicted octanol–water partition coefficient (Wildman–Crippen LogP) is 4.88. The fraction of sp³-hybridized carbons (Fsp3) is 0.480. The lowest BCUT2D eigenvalue weighted by Crippen LogP contribution is -2.44. The zero-order chi connectivity index (χ0) is 20.6. The van der Waals surface area contributed by atoms with Crippen LogP contribution in [0.3, 0.4) is 0 Å². The molecule has 1 N–H and O–H groups in total. The second-order valence-corrected chi connectivity index (χ2v) is 8.79. The third kappa shape index (κ3) is 3.50. The van der Waals surface area contributed by atoms with Gasteiger partial charge in [-0.3, -0.25) is 4.79 Å². The maximum absolute atomic E-state index is 12.9. The van der Waals surface area contributed by atoms with Gasteiger partial charge in [0.2, 0.25) is 0 Å². The van der Waals surface area contributed by atoms with Gasteiger partial charge in [-0.2, -0.15) is 0 Å². The predicted molar refractivity (Wildman–Crippen MR) is 115 cm³/mol. The van der Waals surface area contributed by atoms with E-state index in [0.717, 1.165) is 29.2 Å². The van der Waals surface area contributed by atoms with Gasteiger partial charge in [0.05, 0.1) is 14.2 Å². The van der Waals surface area contributed by atoms with Crippen LogP contribution in [-0.4, -0.2) is 20.1 Å². The highest BCUT2D eigenvalue weighted by Gasteiger charge is 2.45. The Morgan fingerprint density at radius 3 is 2.76 bits per heavy atom. The van der Waals surface area contributed by atoms with Crippen LogP contribution in [0.5, 0.6) is 11.5 Å². The number of rotatable bonds is 5. The monoisotopic (exact) mass is 393 g/mol. The Morgan fingerprint density at radius 1 is 1.17 bits per heavy atom. The van der Waals surface area contributed by atoms with Crippen molar-refractivity contribution in [2.45, 2.75) is 51.5 Å². The Morgan fingerprint density at radius 2 is 2.00 bits per heavy atom. The Hall–Kier alpha value is -2.49. The van der Waals surface area contributed by atoms with Crippen LogP contribution in [0.1, 0.15) is 60.2 Å². The molecular weight excluding hydrogens is 362 g/mol. The van der Waals surface area contributed by atoms with Crippen molar-refractivity contribution in [3.05, 3.63) is 58.7 Å². The van der Waals surface area contributed by atoms with Crippen molar-refractivity contribution in [2.75, 3.05) is 14.2 Å². The van der Waals surface area contributed by atoms with E-state index in [-0.39, 0.29) is 11.3 Å². The molecule has 0 aliphatic heterocycles. The fourth-order valence-corrected chi connectivity index (χ4v) is 5.37. The standard InChI is InChI=1S/C25H31NO3/c1-16-17-6-5-11-25(16,2)22-13-19(8-7-18(22)12-17)24(27)26-15-20-9-10-21(28-3)14-23(20)29-4/h7-10,13-14,16-17H,5-6,11-12,15H2,1-4H3,(H,26,27). The number of ether oxygens (including phenoxy) is 2. The first-order valence-corrected chi connectivity index (χ1v) is 10.6. The average Bonchev–Trinajstić information content (AvgIpc) is 2.74. The van der Waals surface area contributed by atoms with E-state index in [9.17, 15) is 4.79 Å². The van der Waals surface area contributed by atoms with Gasteiger partial charge < -0.3 is 14.8 Å². The van der Waals surface area contributed by atoms with Crippen molar-refractivity contribution < 1.29 is 14.3 Å². The molecule has 2 aromatic rings. The summed E-state index contributed by atoms with van der Waals surface area (Å²) in [6.07, 6.45) is 4.99. The number of carbonyl (C=O) groups is 1. The summed E-state index contributed by atoms with van der Waals surface area (Å²) in [5.74, 6) is 2.86. The summed E-state index contributed by atoms with van der Waals surface area (Å²) in [4.78, 5) is 12.9. The topological polar surface area (TPSA) is 47.6 Å². The molecule has 1 fully saturated rings. The molecular formula is C25H31NO3. The molecule has 4 rings (SSSR count). The zero-order valence-corrected chi connectivity index (χ0v) is 17.9. The minimum absolute atomic E-state index is 0.0418. The molecule has 0 heterocycles. The lowest BCUT2D eigenvalue weighted by Gasteiger charge is -2.50. The summed E-state index contributed by atoms with van der Waals surface area (Å²) in [7, 11) is 3.26. The van der Waals surface area contributed by atoms with E-state index in [1.54, 1.807) is 14.2 Å². The zero-order valence-electron chi connectivity index (χ0n) is 17.9. The molecule has 2 aliphatic rings. The normalized spacial score (nSPS) is 25.1. The third-order valence-corrected chi connectivity index (χ3v) is 7.39. The van der Waals surface area contributed by atoms with E-state index >= 15 is 0 Å². The highest BCUT2D eigenvalue weighted by Crippen LogP contribution is 2.52. The van der Waals surface area contributed by atoms with Crippen LogP contribution in [0, 0.1) is 11.8 Å². The molecule has 154 valence electrons. The fourth-order valence-electron chi connectivity index (χ4n) is 5.37. The van der Waals surface area contributed by atoms with Crippen molar-refractivity contribution in [3.63, 3.8) is 0 Å². The quantitative estimate of drug-likeness (QED) is 0.787. The first kappa shape index (κ1) is 19.8. The van der Waals surface area contributed by atoms with Gasteiger partial charge in [-0.1, -0.05) is 26.3 Å². The lowest BCUT2D eigenvalue weighted by atomic mass is 9.54. The van der Waals surface area contributed by atoms with Crippen molar-refractivity contribution in [2.24, 2.45) is 11.8 Å². The van der Waals surface area contributed by atoms with Crippen molar-refractivity contribution in [1.29, 1.82) is 0 Å². The highest BCUT2D eigenvalue weighted by atomic mass is 16.5. The van der Waals surface area contributed by atoms with Crippen molar-refractivity contribution in [3.8, 4) is 11.5 Å². The van der Waals surface area contributed by atoms with Gasteiger partial charge in [0, 0.05) is 23.7 Å². The number of methoxy groups -OCH3 is 2. The third-order valence-electron chi connectivity index (χ3n) is 7.39. The summed E-state index contributed by atoms with van der Waals surface area (Å²) in [5.41, 5.74) is 4.68. The number of amides is 1. The summed E-state index contributed by atoms with van der Waals surface area (Å²) < 4.78 is 10.7. The molecule has 3 atom stereocenters. The summed E-state index contributed by atoms with van der Waals surface area (Å²) in [6.45, 7) is 5.21. The van der Waals surface area contributed by atoms with E-state index in [1.165, 1.54) is 30.4 Å². The number of fused-ring (bicyclic) bond motifs is 4. The van der Waals surface area contributed by atoms with Crippen LogP contribution in [0.15, 0.2) is 36.4 Å². The largest absolute Gasteiger partial charge is 0.497 e. The summed E-state index contributed by atoms with van der Waals surface area (Å²) in [6, 6.07) is 11.9. The van der Waals surface area contributed by atoms with Crippen LogP contribution in [0.4, 0.5) is 0 Å². The molecule has 3 unspecified atom stereocenters. The first-order valence-electron chi connectivity index (χ1n) is 10.6. The SMILES string of the molecule is COc1ccc(CNC(=O)c2ccc3c(c2)C2(C)CCCC(C3)C2C)c(OC)c1. The highest BCUT2D eigenvalue weighted by molar-refractivity contribution is 5.94. The number of carbonyl (C=O) groups excluding carboxylic acids is 1. The van der Waals surface area contributed by atoms with Gasteiger partial charge in [0.1, 0.15) is 11.5 Å². The first-order chi connectivity index (χ1) is 14.0. The van der Waals surface area contributed by atoms with E-state index in [0.29, 0.717) is 18.2 Å². The molecule has 2 aromatic carbocycles. The van der Waals surface area contributed by atoms with Gasteiger partial charge in [0.15, 0.2) is 0 Å². The number of nitrogens with one attached hydrogen (secondary N) is 1. The second kappa shape index (κ2) is 7.74. The Balaban J connectivity index is 1.54. The molecule has 4 heteroatoms. The van der Waals surface area contributed by atoms with Crippen LogP contribution < -0.4 is 14.8 Å².